The summed E-state index contributed by atoms with van der Waals surface area (Å²) < 4.78 is 0. The van der Waals surface area contributed by atoms with E-state index in [1.54, 1.807) is 7.05 Å². The first-order chi connectivity index (χ1) is 10.6. The molecule has 0 aliphatic rings. The maximum atomic E-state index is 11.5. The van der Waals surface area contributed by atoms with E-state index in [-0.39, 0.29) is 29.9 Å². The molecule has 130 valence electrons. The van der Waals surface area contributed by atoms with Crippen LogP contribution in [0, 0.1) is 13.8 Å². The van der Waals surface area contributed by atoms with Gasteiger partial charge >= 0.3 is 0 Å². The summed E-state index contributed by atoms with van der Waals surface area (Å²) in [6.07, 6.45) is 1.41. The van der Waals surface area contributed by atoms with Crippen molar-refractivity contribution >= 4 is 35.8 Å². The van der Waals surface area contributed by atoms with Gasteiger partial charge in [0.15, 0.2) is 5.96 Å². The van der Waals surface area contributed by atoms with Crippen LogP contribution in [0.25, 0.3) is 0 Å². The summed E-state index contributed by atoms with van der Waals surface area (Å²) in [6.45, 7) is 8.26. The second-order valence-corrected chi connectivity index (χ2v) is 5.38. The summed E-state index contributed by atoms with van der Waals surface area (Å²) in [5.74, 6) is 0.780. The Morgan fingerprint density at radius 2 is 1.87 bits per heavy atom. The Morgan fingerprint density at radius 3 is 2.48 bits per heavy atom. The van der Waals surface area contributed by atoms with E-state index in [1.807, 2.05) is 6.92 Å². The zero-order chi connectivity index (χ0) is 16.4. The fourth-order valence-corrected chi connectivity index (χ4v) is 2.09. The normalized spacial score (nSPS) is 10.7. The molecule has 0 spiro atoms. The van der Waals surface area contributed by atoms with E-state index in [0.717, 1.165) is 13.0 Å². The Balaban J connectivity index is 0.00000484. The van der Waals surface area contributed by atoms with Gasteiger partial charge in [0.1, 0.15) is 0 Å². The van der Waals surface area contributed by atoms with Gasteiger partial charge in [0.2, 0.25) is 5.91 Å². The number of halogens is 1. The van der Waals surface area contributed by atoms with E-state index < -0.39 is 0 Å². The predicted molar refractivity (Wildman–Crippen MR) is 107 cm³/mol. The Bertz CT molecular complexity index is 517. The van der Waals surface area contributed by atoms with Crippen LogP contribution in [0.5, 0.6) is 0 Å². The molecular weight excluding hydrogens is 403 g/mol. The van der Waals surface area contributed by atoms with E-state index >= 15 is 0 Å². The number of hydrogen-bond donors (Lipinski definition) is 3. The van der Waals surface area contributed by atoms with Crippen molar-refractivity contribution in [1.29, 1.82) is 0 Å². The predicted octanol–water partition coefficient (Wildman–Crippen LogP) is 2.50. The van der Waals surface area contributed by atoms with Crippen LogP contribution in [0.15, 0.2) is 23.2 Å². The first-order valence-corrected chi connectivity index (χ1v) is 7.84. The number of carbonyl (C=O) groups is 1. The number of rotatable bonds is 7. The van der Waals surface area contributed by atoms with Crippen molar-refractivity contribution in [3.8, 4) is 0 Å². The molecule has 0 heterocycles. The molecule has 6 heteroatoms. The summed E-state index contributed by atoms with van der Waals surface area (Å²) in [5.41, 5.74) is 3.78. The number of aliphatic imine (C=N–C) groups is 1. The SMILES string of the molecule is CCCNC(=O)CCNC(=NC)NCc1ccc(C)cc1C.I. The summed E-state index contributed by atoms with van der Waals surface area (Å²) in [4.78, 5) is 15.7. The second kappa shape index (κ2) is 12.2. The van der Waals surface area contributed by atoms with Gasteiger partial charge in [-0.15, -0.1) is 24.0 Å². The van der Waals surface area contributed by atoms with Gasteiger partial charge in [-0.05, 0) is 31.4 Å². The van der Waals surface area contributed by atoms with Gasteiger partial charge in [0.05, 0.1) is 0 Å². The number of guanidine groups is 1. The molecule has 1 amide bonds. The van der Waals surface area contributed by atoms with Crippen LogP contribution in [-0.2, 0) is 11.3 Å². The third-order valence-electron chi connectivity index (χ3n) is 3.38. The number of hydrogen-bond acceptors (Lipinski definition) is 2. The lowest BCUT2D eigenvalue weighted by molar-refractivity contribution is -0.120. The average Bonchev–Trinajstić information content (AvgIpc) is 2.50. The minimum absolute atomic E-state index is 0. The average molecular weight is 432 g/mol. The molecule has 3 N–H and O–H groups in total. The third-order valence-corrected chi connectivity index (χ3v) is 3.38. The van der Waals surface area contributed by atoms with E-state index in [2.05, 4.69) is 53.0 Å². The number of benzene rings is 1. The molecule has 23 heavy (non-hydrogen) atoms. The number of amides is 1. The van der Waals surface area contributed by atoms with Gasteiger partial charge in [0.25, 0.3) is 0 Å². The van der Waals surface area contributed by atoms with Crippen molar-refractivity contribution in [3.63, 3.8) is 0 Å². The van der Waals surface area contributed by atoms with Crippen molar-refractivity contribution in [2.24, 2.45) is 4.99 Å². The quantitative estimate of drug-likeness (QED) is 0.353. The number of aryl methyl sites for hydroxylation is 2. The van der Waals surface area contributed by atoms with Crippen LogP contribution in [0.1, 0.15) is 36.5 Å². The molecule has 1 aromatic carbocycles. The molecule has 0 aromatic heterocycles. The molecule has 0 bridgehead atoms. The second-order valence-electron chi connectivity index (χ2n) is 5.38. The largest absolute Gasteiger partial charge is 0.356 e. The van der Waals surface area contributed by atoms with Crippen LogP contribution in [0.2, 0.25) is 0 Å². The maximum Gasteiger partial charge on any atom is 0.221 e. The number of nitrogens with one attached hydrogen (secondary N) is 3. The first kappa shape index (κ1) is 21.7. The Kier molecular flexibility index (Phi) is 11.5. The minimum atomic E-state index is 0. The fourth-order valence-electron chi connectivity index (χ4n) is 2.09. The van der Waals surface area contributed by atoms with Gasteiger partial charge in [-0.25, -0.2) is 0 Å². The Hall–Kier alpha value is -1.31. The minimum Gasteiger partial charge on any atom is -0.356 e. The third kappa shape index (κ3) is 8.78. The lowest BCUT2D eigenvalue weighted by Crippen LogP contribution is -2.39. The zero-order valence-electron chi connectivity index (χ0n) is 14.5. The molecular formula is C17H29IN4O. The molecule has 0 aliphatic heterocycles. The molecule has 0 unspecified atom stereocenters. The van der Waals surface area contributed by atoms with Crippen LogP contribution < -0.4 is 16.0 Å². The zero-order valence-corrected chi connectivity index (χ0v) is 16.9. The van der Waals surface area contributed by atoms with Gasteiger partial charge in [-0.1, -0.05) is 30.7 Å². The molecule has 0 radical (unpaired) electrons. The van der Waals surface area contributed by atoms with Crippen molar-refractivity contribution in [2.45, 2.75) is 40.2 Å². The van der Waals surface area contributed by atoms with Crippen molar-refractivity contribution < 1.29 is 4.79 Å². The first-order valence-electron chi connectivity index (χ1n) is 7.84. The van der Waals surface area contributed by atoms with Gasteiger partial charge in [0, 0.05) is 33.1 Å². The lowest BCUT2D eigenvalue weighted by atomic mass is 10.1. The monoisotopic (exact) mass is 432 g/mol. The van der Waals surface area contributed by atoms with E-state index in [1.165, 1.54) is 16.7 Å². The molecule has 0 fully saturated rings. The van der Waals surface area contributed by atoms with Crippen LogP contribution in [-0.4, -0.2) is 32.0 Å². The van der Waals surface area contributed by atoms with Crippen molar-refractivity contribution in [2.75, 3.05) is 20.1 Å². The fraction of sp³-hybridized carbons (Fsp3) is 0.529. The number of nitrogens with zero attached hydrogens (tertiary/aromatic N) is 1. The molecule has 0 aliphatic carbocycles. The van der Waals surface area contributed by atoms with Crippen LogP contribution in [0.3, 0.4) is 0 Å². The molecule has 0 atom stereocenters. The molecule has 5 nitrogen and oxygen atoms in total. The van der Waals surface area contributed by atoms with Gasteiger partial charge < -0.3 is 16.0 Å². The van der Waals surface area contributed by atoms with E-state index in [4.69, 9.17) is 0 Å². The van der Waals surface area contributed by atoms with Crippen LogP contribution in [0.4, 0.5) is 0 Å². The topological polar surface area (TPSA) is 65.5 Å². The molecule has 0 saturated heterocycles. The lowest BCUT2D eigenvalue weighted by Gasteiger charge is -2.13. The van der Waals surface area contributed by atoms with Gasteiger partial charge in [-0.2, -0.15) is 0 Å². The summed E-state index contributed by atoms with van der Waals surface area (Å²) in [7, 11) is 1.73. The van der Waals surface area contributed by atoms with E-state index in [0.29, 0.717) is 25.5 Å². The van der Waals surface area contributed by atoms with Gasteiger partial charge in [-0.3, -0.25) is 9.79 Å². The molecule has 1 rings (SSSR count). The highest BCUT2D eigenvalue weighted by molar-refractivity contribution is 14.0. The highest BCUT2D eigenvalue weighted by Crippen LogP contribution is 2.09. The maximum absolute atomic E-state index is 11.5. The summed E-state index contributed by atoms with van der Waals surface area (Å²) >= 11 is 0. The van der Waals surface area contributed by atoms with Crippen molar-refractivity contribution in [3.05, 3.63) is 34.9 Å². The highest BCUT2D eigenvalue weighted by atomic mass is 127. The van der Waals surface area contributed by atoms with E-state index in [9.17, 15) is 4.79 Å². The molecule has 1 aromatic rings. The smallest absolute Gasteiger partial charge is 0.221 e. The molecule has 0 saturated carbocycles. The standard InChI is InChI=1S/C17H28N4O.HI/c1-5-9-19-16(22)8-10-20-17(18-4)21-12-15-7-6-13(2)11-14(15)3;/h6-7,11H,5,8-10,12H2,1-4H3,(H,19,22)(H2,18,20,21);1H. The highest BCUT2D eigenvalue weighted by Gasteiger charge is 2.03. The Morgan fingerprint density at radius 1 is 1.13 bits per heavy atom. The van der Waals surface area contributed by atoms with Crippen molar-refractivity contribution in [1.82, 2.24) is 16.0 Å². The van der Waals surface area contributed by atoms with Crippen LogP contribution >= 0.6 is 24.0 Å². The number of carbonyl (C=O) groups excluding carboxylic acids is 1. The summed E-state index contributed by atoms with van der Waals surface area (Å²) in [5, 5.41) is 9.28. The Labute approximate surface area is 156 Å². The summed E-state index contributed by atoms with van der Waals surface area (Å²) in [6, 6.07) is 6.41.